The van der Waals surface area contributed by atoms with Gasteiger partial charge in [0, 0.05) is 11.7 Å². The Morgan fingerprint density at radius 1 is 0.952 bits per heavy atom. The van der Waals surface area contributed by atoms with Gasteiger partial charge in [0.25, 0.3) is 0 Å². The zero-order chi connectivity index (χ0) is 14.7. The molecule has 3 rings (SSSR count). The van der Waals surface area contributed by atoms with Crippen LogP contribution in [0, 0.1) is 17.7 Å². The first-order valence-corrected chi connectivity index (χ1v) is 9.25. The van der Waals surface area contributed by atoms with E-state index in [1.807, 2.05) is 12.1 Å². The van der Waals surface area contributed by atoms with Crippen molar-refractivity contribution >= 4 is 21.6 Å². The van der Waals surface area contributed by atoms with E-state index in [9.17, 15) is 4.39 Å². The highest BCUT2D eigenvalue weighted by molar-refractivity contribution is 9.10. The third-order valence-electron chi connectivity index (χ3n) is 5.35. The SMILES string of the molecule is Fc1ccc(NC2CCCCC2C2CCCCC2)cc1Br. The van der Waals surface area contributed by atoms with Gasteiger partial charge >= 0.3 is 0 Å². The van der Waals surface area contributed by atoms with Crippen LogP contribution >= 0.6 is 15.9 Å². The molecule has 1 nitrogen and oxygen atoms in total. The lowest BCUT2D eigenvalue weighted by atomic mass is 9.71. The van der Waals surface area contributed by atoms with E-state index in [-0.39, 0.29) is 5.82 Å². The second-order valence-electron chi connectivity index (χ2n) is 6.73. The number of benzene rings is 1. The molecule has 1 N–H and O–H groups in total. The van der Waals surface area contributed by atoms with Crippen LogP contribution < -0.4 is 5.32 Å². The summed E-state index contributed by atoms with van der Waals surface area (Å²) in [6, 6.07) is 5.86. The summed E-state index contributed by atoms with van der Waals surface area (Å²) in [4.78, 5) is 0. The predicted molar refractivity (Wildman–Crippen MR) is 90.0 cm³/mol. The summed E-state index contributed by atoms with van der Waals surface area (Å²) in [7, 11) is 0. The maximum Gasteiger partial charge on any atom is 0.137 e. The van der Waals surface area contributed by atoms with Gasteiger partial charge in [-0.3, -0.25) is 0 Å². The van der Waals surface area contributed by atoms with Crippen LogP contribution in [0.3, 0.4) is 0 Å². The van der Waals surface area contributed by atoms with Gasteiger partial charge in [-0.05, 0) is 58.8 Å². The molecule has 21 heavy (non-hydrogen) atoms. The summed E-state index contributed by atoms with van der Waals surface area (Å²) in [5, 5.41) is 3.70. The summed E-state index contributed by atoms with van der Waals surface area (Å²) in [5.41, 5.74) is 1.05. The predicted octanol–water partition coefficient (Wildman–Crippen LogP) is 6.14. The number of nitrogens with one attached hydrogen (secondary N) is 1. The topological polar surface area (TPSA) is 12.0 Å². The highest BCUT2D eigenvalue weighted by atomic mass is 79.9. The highest BCUT2D eigenvalue weighted by Gasteiger charge is 2.32. The van der Waals surface area contributed by atoms with Crippen LogP contribution in [0.25, 0.3) is 0 Å². The van der Waals surface area contributed by atoms with Crippen LogP contribution in [0.2, 0.25) is 0 Å². The smallest absolute Gasteiger partial charge is 0.137 e. The molecular weight excluding hydrogens is 329 g/mol. The third kappa shape index (κ3) is 3.80. The van der Waals surface area contributed by atoms with Gasteiger partial charge in [0.15, 0.2) is 0 Å². The van der Waals surface area contributed by atoms with Crippen LogP contribution in [0.5, 0.6) is 0 Å². The van der Waals surface area contributed by atoms with Gasteiger partial charge in [-0.15, -0.1) is 0 Å². The van der Waals surface area contributed by atoms with Crippen LogP contribution in [0.4, 0.5) is 10.1 Å². The van der Waals surface area contributed by atoms with Gasteiger partial charge in [0.2, 0.25) is 0 Å². The molecule has 2 fully saturated rings. The Kier molecular flexibility index (Phi) is 5.20. The lowest BCUT2D eigenvalue weighted by Gasteiger charge is -2.39. The minimum absolute atomic E-state index is 0.187. The minimum atomic E-state index is -0.187. The number of anilines is 1. The molecule has 2 saturated carbocycles. The Balaban J connectivity index is 1.69. The van der Waals surface area contributed by atoms with Crippen LogP contribution in [0.1, 0.15) is 57.8 Å². The quantitative estimate of drug-likeness (QED) is 0.687. The lowest BCUT2D eigenvalue weighted by molar-refractivity contribution is 0.180. The average molecular weight is 354 g/mol. The Hall–Kier alpha value is -0.570. The molecular formula is C18H25BrFN. The van der Waals surface area contributed by atoms with Gasteiger partial charge in [-0.1, -0.05) is 44.9 Å². The molecule has 1 aromatic rings. The fourth-order valence-electron chi connectivity index (χ4n) is 4.27. The van der Waals surface area contributed by atoms with Crippen LogP contribution in [-0.2, 0) is 0 Å². The van der Waals surface area contributed by atoms with E-state index in [0.29, 0.717) is 10.5 Å². The molecule has 2 atom stereocenters. The largest absolute Gasteiger partial charge is 0.382 e. The molecule has 2 aliphatic carbocycles. The number of hydrogen-bond donors (Lipinski definition) is 1. The Morgan fingerprint density at radius 3 is 2.43 bits per heavy atom. The van der Waals surface area contributed by atoms with Gasteiger partial charge in [-0.25, -0.2) is 4.39 Å². The fraction of sp³-hybridized carbons (Fsp3) is 0.667. The van der Waals surface area contributed by atoms with Crippen molar-refractivity contribution in [3.8, 4) is 0 Å². The van der Waals surface area contributed by atoms with E-state index < -0.39 is 0 Å². The molecule has 0 bridgehead atoms. The van der Waals surface area contributed by atoms with Gasteiger partial charge in [-0.2, -0.15) is 0 Å². The normalized spacial score (nSPS) is 27.5. The first kappa shape index (κ1) is 15.3. The summed E-state index contributed by atoms with van der Waals surface area (Å²) < 4.78 is 13.9. The number of halogens is 2. The van der Waals surface area contributed by atoms with Gasteiger partial charge in [0.05, 0.1) is 4.47 Å². The second kappa shape index (κ2) is 7.13. The molecule has 0 radical (unpaired) electrons. The molecule has 116 valence electrons. The second-order valence-corrected chi connectivity index (χ2v) is 7.58. The summed E-state index contributed by atoms with van der Waals surface area (Å²) in [5.74, 6) is 1.52. The summed E-state index contributed by atoms with van der Waals surface area (Å²) in [6.45, 7) is 0. The Labute approximate surface area is 135 Å². The maximum atomic E-state index is 13.4. The molecule has 1 aromatic carbocycles. The van der Waals surface area contributed by atoms with E-state index in [2.05, 4.69) is 21.2 Å². The first-order chi connectivity index (χ1) is 10.2. The Bertz CT molecular complexity index is 470. The van der Waals surface area contributed by atoms with Crippen molar-refractivity contribution in [3.05, 3.63) is 28.5 Å². The zero-order valence-electron chi connectivity index (χ0n) is 12.6. The van der Waals surface area contributed by atoms with E-state index in [4.69, 9.17) is 0 Å². The minimum Gasteiger partial charge on any atom is -0.382 e. The molecule has 0 aliphatic heterocycles. The van der Waals surface area contributed by atoms with E-state index in [0.717, 1.165) is 17.5 Å². The first-order valence-electron chi connectivity index (χ1n) is 8.45. The summed E-state index contributed by atoms with van der Waals surface area (Å²) >= 11 is 3.29. The van der Waals surface area contributed by atoms with E-state index in [1.54, 1.807) is 6.07 Å². The van der Waals surface area contributed by atoms with Crippen molar-refractivity contribution in [3.63, 3.8) is 0 Å². The molecule has 2 aliphatic rings. The molecule has 0 aromatic heterocycles. The summed E-state index contributed by atoms with van der Waals surface area (Å²) in [6.07, 6.45) is 12.4. The van der Waals surface area contributed by atoms with Crippen LogP contribution in [0.15, 0.2) is 22.7 Å². The van der Waals surface area contributed by atoms with Crippen molar-refractivity contribution in [2.45, 2.75) is 63.8 Å². The average Bonchev–Trinajstić information content (AvgIpc) is 2.52. The van der Waals surface area contributed by atoms with Crippen molar-refractivity contribution < 1.29 is 4.39 Å². The van der Waals surface area contributed by atoms with E-state index >= 15 is 0 Å². The lowest BCUT2D eigenvalue weighted by Crippen LogP contribution is -2.37. The molecule has 2 unspecified atom stereocenters. The van der Waals surface area contributed by atoms with Crippen LogP contribution in [-0.4, -0.2) is 6.04 Å². The Morgan fingerprint density at radius 2 is 1.67 bits per heavy atom. The number of rotatable bonds is 3. The van der Waals surface area contributed by atoms with Gasteiger partial charge < -0.3 is 5.32 Å². The van der Waals surface area contributed by atoms with Crippen molar-refractivity contribution in [1.82, 2.24) is 0 Å². The highest BCUT2D eigenvalue weighted by Crippen LogP contribution is 2.39. The fourth-order valence-corrected chi connectivity index (χ4v) is 4.64. The number of hydrogen-bond acceptors (Lipinski definition) is 1. The van der Waals surface area contributed by atoms with Crippen molar-refractivity contribution in [2.24, 2.45) is 11.8 Å². The molecule has 0 spiro atoms. The zero-order valence-corrected chi connectivity index (χ0v) is 14.2. The maximum absolute atomic E-state index is 13.4. The van der Waals surface area contributed by atoms with E-state index in [1.165, 1.54) is 57.8 Å². The monoisotopic (exact) mass is 353 g/mol. The van der Waals surface area contributed by atoms with Crippen molar-refractivity contribution in [2.75, 3.05) is 5.32 Å². The standard InChI is InChI=1S/C18H25BrFN/c19-16-12-14(10-11-17(16)20)21-18-9-5-4-8-15(18)13-6-2-1-3-7-13/h10-13,15,18,21H,1-9H2. The molecule has 0 amide bonds. The van der Waals surface area contributed by atoms with Crippen molar-refractivity contribution in [1.29, 1.82) is 0 Å². The molecule has 3 heteroatoms. The third-order valence-corrected chi connectivity index (χ3v) is 5.95. The molecule has 0 heterocycles. The molecule has 0 saturated heterocycles. The van der Waals surface area contributed by atoms with Gasteiger partial charge in [0.1, 0.15) is 5.82 Å².